The van der Waals surface area contributed by atoms with Crippen LogP contribution in [0.1, 0.15) is 26.7 Å². The average molecular weight is 223 g/mol. The van der Waals surface area contributed by atoms with Crippen LogP contribution in [0.5, 0.6) is 17.4 Å². The molecule has 1 saturated carbocycles. The molecule has 88 valence electrons. The van der Waals surface area contributed by atoms with E-state index in [1.165, 1.54) is 0 Å². The zero-order valence-electron chi connectivity index (χ0n) is 9.90. The van der Waals surface area contributed by atoms with Gasteiger partial charge >= 0.3 is 0 Å². The highest BCUT2D eigenvalue weighted by molar-refractivity contribution is 5.39. The Morgan fingerprint density at radius 1 is 1.38 bits per heavy atom. The molecule has 0 atom stereocenters. The van der Waals surface area contributed by atoms with Gasteiger partial charge in [0, 0.05) is 6.07 Å². The van der Waals surface area contributed by atoms with Gasteiger partial charge in [-0.25, -0.2) is 4.98 Å². The molecule has 4 heteroatoms. The van der Waals surface area contributed by atoms with Gasteiger partial charge in [0.25, 0.3) is 5.88 Å². The molecule has 1 fully saturated rings. The molecule has 0 aliphatic heterocycles. The first-order valence-electron chi connectivity index (χ1n) is 5.56. The first-order valence-corrected chi connectivity index (χ1v) is 5.56. The second-order valence-electron chi connectivity index (χ2n) is 4.16. The maximum Gasteiger partial charge on any atom is 0.256 e. The number of hydrogen-bond acceptors (Lipinski definition) is 4. The Morgan fingerprint density at radius 3 is 2.69 bits per heavy atom. The maximum absolute atomic E-state index is 5.70. The highest BCUT2D eigenvalue weighted by atomic mass is 16.5. The molecule has 2 rings (SSSR count). The van der Waals surface area contributed by atoms with E-state index in [1.807, 2.05) is 19.9 Å². The lowest BCUT2D eigenvalue weighted by Gasteiger charge is -2.13. The number of ether oxygens (including phenoxy) is 3. The number of nitrogens with zero attached hydrogens (tertiary/aromatic N) is 1. The monoisotopic (exact) mass is 223 g/mol. The van der Waals surface area contributed by atoms with E-state index in [0.717, 1.165) is 12.8 Å². The van der Waals surface area contributed by atoms with Crippen LogP contribution in [-0.2, 0) is 0 Å². The van der Waals surface area contributed by atoms with E-state index in [-0.39, 0.29) is 6.10 Å². The molecule has 0 amide bonds. The predicted octanol–water partition coefficient (Wildman–Crippen LogP) is 2.42. The Hall–Kier alpha value is -1.45. The van der Waals surface area contributed by atoms with E-state index >= 15 is 0 Å². The summed E-state index contributed by atoms with van der Waals surface area (Å²) in [5.41, 5.74) is 0. The molecular weight excluding hydrogens is 206 g/mol. The third-order valence-corrected chi connectivity index (χ3v) is 2.18. The maximum atomic E-state index is 5.70. The van der Waals surface area contributed by atoms with Crippen LogP contribution >= 0.6 is 0 Å². The number of aromatic nitrogens is 1. The van der Waals surface area contributed by atoms with Crippen molar-refractivity contribution >= 4 is 0 Å². The molecule has 0 aromatic carbocycles. The summed E-state index contributed by atoms with van der Waals surface area (Å²) < 4.78 is 16.4. The fourth-order valence-electron chi connectivity index (χ4n) is 1.35. The molecule has 0 unspecified atom stereocenters. The summed E-state index contributed by atoms with van der Waals surface area (Å²) in [5.74, 6) is 1.90. The van der Waals surface area contributed by atoms with E-state index in [1.54, 1.807) is 13.3 Å². The van der Waals surface area contributed by atoms with Gasteiger partial charge in [-0.3, -0.25) is 0 Å². The number of rotatable bonds is 5. The zero-order chi connectivity index (χ0) is 11.5. The van der Waals surface area contributed by atoms with Gasteiger partial charge in [0.15, 0.2) is 5.75 Å². The molecule has 1 aromatic rings. The molecule has 1 aliphatic carbocycles. The quantitative estimate of drug-likeness (QED) is 0.768. The topological polar surface area (TPSA) is 40.6 Å². The van der Waals surface area contributed by atoms with Crippen molar-refractivity contribution in [1.29, 1.82) is 0 Å². The summed E-state index contributed by atoms with van der Waals surface area (Å²) in [6.07, 6.45) is 4.32. The smallest absolute Gasteiger partial charge is 0.256 e. The van der Waals surface area contributed by atoms with Crippen LogP contribution in [0, 0.1) is 0 Å². The Morgan fingerprint density at radius 2 is 2.12 bits per heavy atom. The number of methoxy groups -OCH3 is 1. The Labute approximate surface area is 95.5 Å². The number of hydrogen-bond donors (Lipinski definition) is 0. The third-order valence-electron chi connectivity index (χ3n) is 2.18. The van der Waals surface area contributed by atoms with Crippen LogP contribution in [0.4, 0.5) is 0 Å². The molecule has 0 radical (unpaired) electrons. The second kappa shape index (κ2) is 4.60. The molecular formula is C12H17NO3. The largest absolute Gasteiger partial charge is 0.489 e. The molecule has 16 heavy (non-hydrogen) atoms. The zero-order valence-corrected chi connectivity index (χ0v) is 9.90. The normalized spacial score (nSPS) is 15.0. The van der Waals surface area contributed by atoms with E-state index in [9.17, 15) is 0 Å². The Kier molecular flexibility index (Phi) is 3.17. The summed E-state index contributed by atoms with van der Waals surface area (Å²) in [7, 11) is 1.59. The molecule has 0 N–H and O–H groups in total. The molecule has 1 aromatic heterocycles. The van der Waals surface area contributed by atoms with Gasteiger partial charge in [-0.2, -0.15) is 0 Å². The fourth-order valence-corrected chi connectivity index (χ4v) is 1.35. The lowest BCUT2D eigenvalue weighted by atomic mass is 10.4. The first kappa shape index (κ1) is 11.0. The average Bonchev–Trinajstić information content (AvgIpc) is 3.01. The minimum atomic E-state index is 0.129. The van der Waals surface area contributed by atoms with Crippen molar-refractivity contribution in [1.82, 2.24) is 4.98 Å². The summed E-state index contributed by atoms with van der Waals surface area (Å²) in [5, 5.41) is 0. The van der Waals surface area contributed by atoms with E-state index in [2.05, 4.69) is 4.98 Å². The summed E-state index contributed by atoms with van der Waals surface area (Å²) in [6, 6.07) is 1.84. The van der Waals surface area contributed by atoms with Gasteiger partial charge in [-0.1, -0.05) is 0 Å². The second-order valence-corrected chi connectivity index (χ2v) is 4.16. The van der Waals surface area contributed by atoms with Gasteiger partial charge in [0.2, 0.25) is 0 Å². The Balaban J connectivity index is 2.15. The predicted molar refractivity (Wildman–Crippen MR) is 60.2 cm³/mol. The van der Waals surface area contributed by atoms with Gasteiger partial charge in [-0.15, -0.1) is 0 Å². The molecule has 1 aliphatic rings. The molecule has 4 nitrogen and oxygen atoms in total. The minimum absolute atomic E-state index is 0.129. The van der Waals surface area contributed by atoms with Crippen molar-refractivity contribution in [3.8, 4) is 17.4 Å². The molecule has 0 bridgehead atoms. The van der Waals surface area contributed by atoms with Crippen molar-refractivity contribution in [3.63, 3.8) is 0 Å². The highest BCUT2D eigenvalue weighted by Crippen LogP contribution is 2.34. The van der Waals surface area contributed by atoms with Crippen LogP contribution in [0.3, 0.4) is 0 Å². The first-order chi connectivity index (χ1) is 7.69. The minimum Gasteiger partial charge on any atom is -0.489 e. The standard InChI is InChI=1S/C12H17NO3/c1-8(2)15-10-6-11(16-9-4-5-9)12(14-3)13-7-10/h6-9H,4-5H2,1-3H3. The fraction of sp³-hybridized carbons (Fsp3) is 0.583. The van der Waals surface area contributed by atoms with Crippen molar-refractivity contribution in [2.75, 3.05) is 7.11 Å². The van der Waals surface area contributed by atoms with E-state index < -0.39 is 0 Å². The molecule has 0 saturated heterocycles. The van der Waals surface area contributed by atoms with Crippen molar-refractivity contribution in [2.45, 2.75) is 38.9 Å². The molecule has 1 heterocycles. The SMILES string of the molecule is COc1ncc(OC(C)C)cc1OC1CC1. The van der Waals surface area contributed by atoms with Crippen LogP contribution in [0.25, 0.3) is 0 Å². The number of pyridine rings is 1. The van der Waals surface area contributed by atoms with E-state index in [4.69, 9.17) is 14.2 Å². The highest BCUT2D eigenvalue weighted by Gasteiger charge is 2.25. The summed E-state index contributed by atoms with van der Waals surface area (Å²) in [6.45, 7) is 3.96. The van der Waals surface area contributed by atoms with Crippen molar-refractivity contribution < 1.29 is 14.2 Å². The van der Waals surface area contributed by atoms with Crippen molar-refractivity contribution in [3.05, 3.63) is 12.3 Å². The Bertz CT molecular complexity index is 361. The van der Waals surface area contributed by atoms with E-state index in [0.29, 0.717) is 23.5 Å². The van der Waals surface area contributed by atoms with Gasteiger partial charge < -0.3 is 14.2 Å². The summed E-state index contributed by atoms with van der Waals surface area (Å²) in [4.78, 5) is 4.16. The van der Waals surface area contributed by atoms with Crippen molar-refractivity contribution in [2.24, 2.45) is 0 Å². The third kappa shape index (κ3) is 2.78. The molecule has 0 spiro atoms. The van der Waals surface area contributed by atoms with Gasteiger partial charge in [0.05, 0.1) is 25.5 Å². The van der Waals surface area contributed by atoms with Crippen LogP contribution in [0.15, 0.2) is 12.3 Å². The summed E-state index contributed by atoms with van der Waals surface area (Å²) >= 11 is 0. The van der Waals surface area contributed by atoms with Crippen LogP contribution in [0.2, 0.25) is 0 Å². The van der Waals surface area contributed by atoms with Gasteiger partial charge in [-0.05, 0) is 26.7 Å². The van der Waals surface area contributed by atoms with Crippen LogP contribution in [-0.4, -0.2) is 24.3 Å². The van der Waals surface area contributed by atoms with Gasteiger partial charge in [0.1, 0.15) is 5.75 Å². The van der Waals surface area contributed by atoms with Crippen LogP contribution < -0.4 is 14.2 Å². The lowest BCUT2D eigenvalue weighted by molar-refractivity contribution is 0.234. The lowest BCUT2D eigenvalue weighted by Crippen LogP contribution is -2.07.